The first kappa shape index (κ1) is 12.5. The van der Waals surface area contributed by atoms with Gasteiger partial charge in [-0.05, 0) is 48.2 Å². The molecule has 0 atom stereocenters. The number of phenolic OH excluding ortho intramolecular Hbond substituents is 2. The van der Waals surface area contributed by atoms with Crippen LogP contribution in [0.25, 0.3) is 0 Å². The lowest BCUT2D eigenvalue weighted by atomic mass is 10.1. The highest BCUT2D eigenvalue weighted by atomic mass is 35.5. The lowest BCUT2D eigenvalue weighted by Crippen LogP contribution is -2.17. The fourth-order valence-electron chi connectivity index (χ4n) is 1.82. The maximum absolute atomic E-state index is 9.35. The van der Waals surface area contributed by atoms with Crippen molar-refractivity contribution >= 4 is 11.8 Å². The molecule has 1 aliphatic rings. The fourth-order valence-corrected chi connectivity index (χ4v) is 2.00. The molecule has 3 nitrogen and oxygen atoms in total. The first-order chi connectivity index (χ1) is 8.15. The van der Waals surface area contributed by atoms with E-state index in [9.17, 15) is 10.2 Å². The Bertz CT molecular complexity index is 380. The van der Waals surface area contributed by atoms with Crippen molar-refractivity contribution < 1.29 is 10.2 Å². The molecule has 1 aromatic rings. The Morgan fingerprint density at radius 2 is 1.94 bits per heavy atom. The van der Waals surface area contributed by atoms with Crippen molar-refractivity contribution in [2.45, 2.75) is 25.7 Å². The normalized spacial score (nSPS) is 15.4. The van der Waals surface area contributed by atoms with Gasteiger partial charge in [0.15, 0.2) is 11.5 Å². The molecule has 1 aliphatic carbocycles. The minimum absolute atomic E-state index is 0.0680. The second kappa shape index (κ2) is 5.61. The van der Waals surface area contributed by atoms with E-state index in [4.69, 9.17) is 11.8 Å². The van der Waals surface area contributed by atoms with Gasteiger partial charge in [0.25, 0.3) is 0 Å². The molecule has 0 saturated heterocycles. The molecule has 0 unspecified atom stereocenters. The van der Waals surface area contributed by atoms with Crippen LogP contribution in [0.4, 0.5) is 0 Å². The third kappa shape index (κ3) is 4.10. The van der Waals surface area contributed by atoms with Crippen LogP contribution in [-0.2, 0) is 6.42 Å². The minimum Gasteiger partial charge on any atom is -0.504 e. The van der Waals surface area contributed by atoms with Gasteiger partial charge in [-0.2, -0.15) is 0 Å². The maximum Gasteiger partial charge on any atom is 0.157 e. The number of rotatable bonds is 6. The summed E-state index contributed by atoms with van der Waals surface area (Å²) in [5, 5.41) is 18.5. The summed E-state index contributed by atoms with van der Waals surface area (Å²) < 4.78 is 1.81. The highest BCUT2D eigenvalue weighted by Gasteiger charge is 2.21. The largest absolute Gasteiger partial charge is 0.504 e. The molecule has 0 aliphatic heterocycles. The van der Waals surface area contributed by atoms with Crippen LogP contribution < -0.4 is 0 Å². The summed E-state index contributed by atoms with van der Waals surface area (Å²) in [5.74, 6) is 0.751. The standard InChI is InChI=1S/C13H18ClNO2/c14-15(7-5-10-1-2-10)8-6-11-3-4-12(16)13(17)9-11/h3-4,9-10,16-17H,1-2,5-8H2. The highest BCUT2D eigenvalue weighted by Crippen LogP contribution is 2.32. The van der Waals surface area contributed by atoms with Crippen molar-refractivity contribution in [2.24, 2.45) is 5.92 Å². The van der Waals surface area contributed by atoms with Gasteiger partial charge in [-0.15, -0.1) is 0 Å². The predicted molar refractivity (Wildman–Crippen MR) is 68.2 cm³/mol. The summed E-state index contributed by atoms with van der Waals surface area (Å²) in [4.78, 5) is 0. The number of halogens is 1. The first-order valence-corrected chi connectivity index (χ1v) is 6.40. The minimum atomic E-state index is -0.0785. The van der Waals surface area contributed by atoms with E-state index in [1.54, 1.807) is 12.1 Å². The Hall–Kier alpha value is -0.930. The molecule has 2 N–H and O–H groups in total. The van der Waals surface area contributed by atoms with Gasteiger partial charge in [0.2, 0.25) is 0 Å². The van der Waals surface area contributed by atoms with Gasteiger partial charge in [0, 0.05) is 13.1 Å². The molecule has 0 bridgehead atoms. The molecule has 0 amide bonds. The average molecular weight is 256 g/mol. The van der Waals surface area contributed by atoms with Crippen molar-refractivity contribution in [3.63, 3.8) is 0 Å². The van der Waals surface area contributed by atoms with Crippen molar-refractivity contribution in [3.05, 3.63) is 23.8 Å². The van der Waals surface area contributed by atoms with Gasteiger partial charge in [0.1, 0.15) is 0 Å². The SMILES string of the molecule is Oc1ccc(CCN(Cl)CCC2CC2)cc1O. The van der Waals surface area contributed by atoms with Crippen LogP contribution in [0.15, 0.2) is 18.2 Å². The third-order valence-electron chi connectivity index (χ3n) is 3.16. The number of hydrogen-bond donors (Lipinski definition) is 2. The van der Waals surface area contributed by atoms with Crippen LogP contribution in [0.1, 0.15) is 24.8 Å². The molecule has 94 valence electrons. The van der Waals surface area contributed by atoms with E-state index in [0.29, 0.717) is 0 Å². The van der Waals surface area contributed by atoms with Crippen LogP contribution in [0.3, 0.4) is 0 Å². The van der Waals surface area contributed by atoms with Gasteiger partial charge >= 0.3 is 0 Å². The number of aromatic hydroxyl groups is 2. The topological polar surface area (TPSA) is 43.7 Å². The van der Waals surface area contributed by atoms with Crippen molar-refractivity contribution in [3.8, 4) is 11.5 Å². The van der Waals surface area contributed by atoms with E-state index in [1.807, 2.05) is 4.42 Å². The van der Waals surface area contributed by atoms with Gasteiger partial charge in [-0.25, -0.2) is 4.42 Å². The zero-order chi connectivity index (χ0) is 12.3. The summed E-state index contributed by atoms with van der Waals surface area (Å²) >= 11 is 6.10. The summed E-state index contributed by atoms with van der Waals surface area (Å²) in [6.07, 6.45) is 4.68. The molecule has 4 heteroatoms. The lowest BCUT2D eigenvalue weighted by molar-refractivity contribution is 0.402. The summed E-state index contributed by atoms with van der Waals surface area (Å²) in [6, 6.07) is 4.90. The summed E-state index contributed by atoms with van der Waals surface area (Å²) in [5.41, 5.74) is 0.984. The van der Waals surface area contributed by atoms with E-state index in [2.05, 4.69) is 0 Å². The molecular weight excluding hydrogens is 238 g/mol. The zero-order valence-electron chi connectivity index (χ0n) is 9.77. The number of benzene rings is 1. The van der Waals surface area contributed by atoms with Crippen LogP contribution >= 0.6 is 11.8 Å². The Balaban J connectivity index is 1.73. The monoisotopic (exact) mass is 255 g/mol. The molecule has 2 rings (SSSR count). The smallest absolute Gasteiger partial charge is 0.157 e. The molecule has 1 fully saturated rings. The van der Waals surface area contributed by atoms with Gasteiger partial charge in [-0.1, -0.05) is 18.9 Å². The third-order valence-corrected chi connectivity index (χ3v) is 3.50. The Labute approximate surface area is 107 Å². The molecule has 0 radical (unpaired) electrons. The van der Waals surface area contributed by atoms with Crippen molar-refractivity contribution in [1.82, 2.24) is 4.42 Å². The van der Waals surface area contributed by atoms with Crippen LogP contribution in [0.5, 0.6) is 11.5 Å². The summed E-state index contributed by atoms with van der Waals surface area (Å²) in [7, 11) is 0. The second-order valence-electron chi connectivity index (χ2n) is 4.71. The fraction of sp³-hybridized carbons (Fsp3) is 0.538. The van der Waals surface area contributed by atoms with E-state index >= 15 is 0 Å². The Kier molecular flexibility index (Phi) is 4.13. The molecule has 1 saturated carbocycles. The molecule has 0 aromatic heterocycles. The van der Waals surface area contributed by atoms with Gasteiger partial charge < -0.3 is 10.2 Å². The van der Waals surface area contributed by atoms with E-state index < -0.39 is 0 Å². The average Bonchev–Trinajstić information content (AvgIpc) is 3.12. The van der Waals surface area contributed by atoms with E-state index in [1.165, 1.54) is 25.3 Å². The molecule has 1 aromatic carbocycles. The van der Waals surface area contributed by atoms with Gasteiger partial charge in [-0.3, -0.25) is 0 Å². The molecule has 17 heavy (non-hydrogen) atoms. The van der Waals surface area contributed by atoms with E-state index in [-0.39, 0.29) is 11.5 Å². The zero-order valence-corrected chi connectivity index (χ0v) is 10.5. The maximum atomic E-state index is 9.35. The number of hydrogen-bond acceptors (Lipinski definition) is 3. The second-order valence-corrected chi connectivity index (χ2v) is 5.19. The van der Waals surface area contributed by atoms with E-state index in [0.717, 1.165) is 31.0 Å². The molecular formula is C13H18ClNO2. The van der Waals surface area contributed by atoms with Crippen molar-refractivity contribution in [1.29, 1.82) is 0 Å². The number of phenols is 2. The summed E-state index contributed by atoms with van der Waals surface area (Å²) in [6.45, 7) is 1.69. The van der Waals surface area contributed by atoms with Crippen LogP contribution in [-0.4, -0.2) is 27.7 Å². The predicted octanol–water partition coefficient (Wildman–Crippen LogP) is 2.90. The van der Waals surface area contributed by atoms with Gasteiger partial charge in [0.05, 0.1) is 0 Å². The quantitative estimate of drug-likeness (QED) is 0.607. The highest BCUT2D eigenvalue weighted by molar-refractivity contribution is 6.13. The number of nitrogens with zero attached hydrogens (tertiary/aromatic N) is 1. The Morgan fingerprint density at radius 3 is 2.59 bits per heavy atom. The van der Waals surface area contributed by atoms with Crippen LogP contribution in [0.2, 0.25) is 0 Å². The molecule has 0 spiro atoms. The first-order valence-electron chi connectivity index (χ1n) is 6.07. The molecule has 0 heterocycles. The van der Waals surface area contributed by atoms with Crippen LogP contribution in [0, 0.1) is 5.92 Å². The lowest BCUT2D eigenvalue weighted by Gasteiger charge is -2.13. The van der Waals surface area contributed by atoms with Crippen molar-refractivity contribution in [2.75, 3.05) is 13.1 Å². The Morgan fingerprint density at radius 1 is 1.18 bits per heavy atom.